The van der Waals surface area contributed by atoms with Crippen molar-refractivity contribution in [3.8, 4) is 11.4 Å². The van der Waals surface area contributed by atoms with Crippen molar-refractivity contribution in [2.75, 3.05) is 6.61 Å². The number of aryl methyl sites for hydroxylation is 1. The van der Waals surface area contributed by atoms with Gasteiger partial charge in [0.15, 0.2) is 0 Å². The maximum absolute atomic E-state index is 12.1. The molecule has 142 valence electrons. The first kappa shape index (κ1) is 19.2. The van der Waals surface area contributed by atoms with Crippen LogP contribution in [0.3, 0.4) is 0 Å². The molecule has 0 unspecified atom stereocenters. The molecule has 0 spiro atoms. The normalized spacial score (nSPS) is 10.8. The van der Waals surface area contributed by atoms with Crippen molar-refractivity contribution in [2.45, 2.75) is 13.8 Å². The smallest absolute Gasteiger partial charge is 0.271 e. The van der Waals surface area contributed by atoms with Gasteiger partial charge in [0.2, 0.25) is 0 Å². The zero-order chi connectivity index (χ0) is 19.9. The molecule has 28 heavy (non-hydrogen) atoms. The van der Waals surface area contributed by atoms with Gasteiger partial charge in [0, 0.05) is 28.2 Å². The summed E-state index contributed by atoms with van der Waals surface area (Å²) in [6.45, 7) is 8.19. The fourth-order valence-electron chi connectivity index (χ4n) is 2.98. The molecule has 0 aliphatic carbocycles. The molecule has 1 amide bonds. The Kier molecular flexibility index (Phi) is 6.07. The van der Waals surface area contributed by atoms with Crippen LogP contribution in [0.1, 0.15) is 27.3 Å². The van der Waals surface area contributed by atoms with Crippen LogP contribution in [-0.4, -0.2) is 23.3 Å². The Morgan fingerprint density at radius 2 is 1.86 bits per heavy atom. The summed E-state index contributed by atoms with van der Waals surface area (Å²) in [6, 6.07) is 18.9. The molecule has 0 radical (unpaired) electrons. The molecule has 1 N–H and O–H groups in total. The van der Waals surface area contributed by atoms with Crippen molar-refractivity contribution in [1.82, 2.24) is 9.99 Å². The highest BCUT2D eigenvalue weighted by Gasteiger charge is 2.10. The summed E-state index contributed by atoms with van der Waals surface area (Å²) in [5.74, 6) is 0.567. The lowest BCUT2D eigenvalue weighted by Crippen LogP contribution is -2.17. The molecule has 5 nitrogen and oxygen atoms in total. The highest BCUT2D eigenvalue weighted by molar-refractivity contribution is 5.94. The quantitative estimate of drug-likeness (QED) is 0.379. The summed E-state index contributed by atoms with van der Waals surface area (Å²) in [4.78, 5) is 12.1. The van der Waals surface area contributed by atoms with E-state index in [1.807, 2.05) is 62.4 Å². The zero-order valence-electron chi connectivity index (χ0n) is 16.1. The molecular weight excluding hydrogens is 350 g/mol. The molecule has 0 aliphatic heterocycles. The van der Waals surface area contributed by atoms with E-state index in [0.717, 1.165) is 28.4 Å². The number of carbonyl (C=O) groups is 1. The number of amides is 1. The largest absolute Gasteiger partial charge is 0.490 e. The average molecular weight is 373 g/mol. The average Bonchev–Trinajstić information content (AvgIpc) is 3.00. The summed E-state index contributed by atoms with van der Waals surface area (Å²) in [5, 5.41) is 4.11. The molecule has 0 fully saturated rings. The molecule has 0 aliphatic rings. The molecule has 0 atom stereocenters. The summed E-state index contributed by atoms with van der Waals surface area (Å²) in [6.07, 6.45) is 3.39. The Morgan fingerprint density at radius 3 is 2.54 bits per heavy atom. The van der Waals surface area contributed by atoms with Gasteiger partial charge in [-0.15, -0.1) is 0 Å². The van der Waals surface area contributed by atoms with E-state index in [4.69, 9.17) is 4.74 Å². The van der Waals surface area contributed by atoms with Gasteiger partial charge in [-0.25, -0.2) is 5.43 Å². The van der Waals surface area contributed by atoms with Gasteiger partial charge in [-0.05, 0) is 56.3 Å². The van der Waals surface area contributed by atoms with Crippen molar-refractivity contribution in [3.63, 3.8) is 0 Å². The maximum Gasteiger partial charge on any atom is 0.271 e. The Morgan fingerprint density at radius 1 is 1.14 bits per heavy atom. The molecule has 0 saturated carbocycles. The van der Waals surface area contributed by atoms with Crippen LogP contribution in [0.15, 0.2) is 78.4 Å². The fourth-order valence-corrected chi connectivity index (χ4v) is 2.98. The van der Waals surface area contributed by atoms with Crippen molar-refractivity contribution < 1.29 is 9.53 Å². The third-order valence-electron chi connectivity index (χ3n) is 4.34. The van der Waals surface area contributed by atoms with Crippen LogP contribution in [0.2, 0.25) is 0 Å². The van der Waals surface area contributed by atoms with Gasteiger partial charge in [-0.3, -0.25) is 4.79 Å². The van der Waals surface area contributed by atoms with Crippen molar-refractivity contribution in [1.29, 1.82) is 0 Å². The van der Waals surface area contributed by atoms with E-state index < -0.39 is 0 Å². The van der Waals surface area contributed by atoms with Gasteiger partial charge >= 0.3 is 0 Å². The number of ether oxygens (including phenoxy) is 1. The number of nitrogens with zero attached hydrogens (tertiary/aromatic N) is 2. The Bertz CT molecular complexity index is 987. The maximum atomic E-state index is 12.1. The van der Waals surface area contributed by atoms with Gasteiger partial charge < -0.3 is 9.30 Å². The van der Waals surface area contributed by atoms with E-state index in [2.05, 4.69) is 21.7 Å². The summed E-state index contributed by atoms with van der Waals surface area (Å²) < 4.78 is 7.67. The number of aromatic nitrogens is 1. The van der Waals surface area contributed by atoms with Gasteiger partial charge in [-0.1, -0.05) is 30.9 Å². The molecule has 0 bridgehead atoms. The van der Waals surface area contributed by atoms with Crippen molar-refractivity contribution in [2.24, 2.45) is 5.10 Å². The van der Waals surface area contributed by atoms with Crippen molar-refractivity contribution >= 4 is 12.1 Å². The first-order valence-corrected chi connectivity index (χ1v) is 9.01. The minimum Gasteiger partial charge on any atom is -0.490 e. The molecule has 3 aromatic rings. The second kappa shape index (κ2) is 8.86. The predicted molar refractivity (Wildman–Crippen MR) is 112 cm³/mol. The summed E-state index contributed by atoms with van der Waals surface area (Å²) >= 11 is 0. The Balaban J connectivity index is 1.74. The van der Waals surface area contributed by atoms with Crippen LogP contribution >= 0.6 is 0 Å². The molecule has 2 aromatic carbocycles. The second-order valence-corrected chi connectivity index (χ2v) is 6.32. The number of carbonyl (C=O) groups excluding carboxylic acids is 1. The molecule has 5 heteroatoms. The minimum absolute atomic E-state index is 0.235. The molecule has 1 aromatic heterocycles. The monoisotopic (exact) mass is 373 g/mol. The topological polar surface area (TPSA) is 55.6 Å². The van der Waals surface area contributed by atoms with Crippen molar-refractivity contribution in [3.05, 3.63) is 95.8 Å². The lowest BCUT2D eigenvalue weighted by atomic mass is 10.2. The van der Waals surface area contributed by atoms with Gasteiger partial charge in [0.1, 0.15) is 12.4 Å². The van der Waals surface area contributed by atoms with Crippen LogP contribution < -0.4 is 10.2 Å². The SMILES string of the molecule is C=CCOc1ccc(-n2c(C)cc(/C=N/NC(=O)c3ccccc3)c2C)cc1. The lowest BCUT2D eigenvalue weighted by molar-refractivity contribution is 0.0955. The first-order chi connectivity index (χ1) is 13.6. The fraction of sp³-hybridized carbons (Fsp3) is 0.130. The molecule has 1 heterocycles. The number of benzene rings is 2. The summed E-state index contributed by atoms with van der Waals surface area (Å²) in [7, 11) is 0. The van der Waals surface area contributed by atoms with Crippen LogP contribution in [0, 0.1) is 13.8 Å². The number of hydrazone groups is 1. The second-order valence-electron chi connectivity index (χ2n) is 6.32. The summed E-state index contributed by atoms with van der Waals surface area (Å²) in [5.41, 5.74) is 7.23. The Hall–Kier alpha value is -3.60. The Labute approximate surface area is 165 Å². The highest BCUT2D eigenvalue weighted by atomic mass is 16.5. The lowest BCUT2D eigenvalue weighted by Gasteiger charge is -2.11. The number of hydrogen-bond acceptors (Lipinski definition) is 3. The van der Waals surface area contributed by atoms with E-state index >= 15 is 0 Å². The third-order valence-corrected chi connectivity index (χ3v) is 4.34. The number of rotatable bonds is 7. The van der Waals surface area contributed by atoms with Crippen LogP contribution in [-0.2, 0) is 0 Å². The van der Waals surface area contributed by atoms with Crippen LogP contribution in [0.5, 0.6) is 5.75 Å². The van der Waals surface area contributed by atoms with Crippen LogP contribution in [0.4, 0.5) is 0 Å². The van der Waals surface area contributed by atoms with Gasteiger partial charge in [0.05, 0.1) is 6.21 Å². The zero-order valence-corrected chi connectivity index (χ0v) is 16.1. The minimum atomic E-state index is -0.235. The van der Waals surface area contributed by atoms with E-state index in [1.165, 1.54) is 0 Å². The number of hydrogen-bond donors (Lipinski definition) is 1. The molecule has 0 saturated heterocycles. The van der Waals surface area contributed by atoms with E-state index in [1.54, 1.807) is 24.4 Å². The van der Waals surface area contributed by atoms with E-state index in [-0.39, 0.29) is 5.91 Å². The highest BCUT2D eigenvalue weighted by Crippen LogP contribution is 2.22. The van der Waals surface area contributed by atoms with Gasteiger partial charge in [-0.2, -0.15) is 5.10 Å². The first-order valence-electron chi connectivity index (χ1n) is 9.01. The van der Waals surface area contributed by atoms with E-state index in [0.29, 0.717) is 12.2 Å². The van der Waals surface area contributed by atoms with E-state index in [9.17, 15) is 4.79 Å². The standard InChI is InChI=1S/C23H23N3O2/c1-4-14-28-22-12-10-21(11-13-22)26-17(2)15-20(18(26)3)16-24-25-23(27)19-8-6-5-7-9-19/h4-13,15-16H,1,14H2,2-3H3,(H,25,27)/b24-16+. The molecule has 3 rings (SSSR count). The van der Waals surface area contributed by atoms with Crippen LogP contribution in [0.25, 0.3) is 5.69 Å². The third kappa shape index (κ3) is 4.38. The number of nitrogens with one attached hydrogen (secondary N) is 1. The predicted octanol–water partition coefficient (Wildman–Crippen LogP) is 4.42. The molecular formula is C23H23N3O2. The van der Waals surface area contributed by atoms with Gasteiger partial charge in [0.25, 0.3) is 5.91 Å².